The quantitative estimate of drug-likeness (QED) is 0.200. The Bertz CT molecular complexity index is 1600. The molecule has 0 radical (unpaired) electrons. The maximum Gasteiger partial charge on any atom is 0.338 e. The molecule has 0 N–H and O–H groups in total. The summed E-state index contributed by atoms with van der Waals surface area (Å²) >= 11 is 0. The highest BCUT2D eigenvalue weighted by Gasteiger charge is 2.23. The fourth-order valence-electron chi connectivity index (χ4n) is 4.72. The van der Waals surface area contributed by atoms with E-state index < -0.39 is 16.5 Å². The molecule has 11 heteroatoms. The lowest BCUT2D eigenvalue weighted by Crippen LogP contribution is -2.47. The van der Waals surface area contributed by atoms with Crippen LogP contribution < -0.4 is 10.5 Å². The number of non-ortho nitro benzene ring substituents is 1. The number of nitro groups is 1. The van der Waals surface area contributed by atoms with E-state index in [1.807, 2.05) is 4.90 Å². The molecule has 200 valence electrons. The molecule has 0 bridgehead atoms. The van der Waals surface area contributed by atoms with E-state index in [0.717, 1.165) is 0 Å². The normalized spacial score (nSPS) is 13.9. The number of nitro benzene ring substituents is 1. The van der Waals surface area contributed by atoms with E-state index in [1.54, 1.807) is 49.4 Å². The van der Waals surface area contributed by atoms with E-state index in [-0.39, 0.29) is 23.5 Å². The molecule has 5 rings (SSSR count). The number of halogens is 1. The smallest absolute Gasteiger partial charge is 0.338 e. The summed E-state index contributed by atoms with van der Waals surface area (Å²) < 4.78 is 20.7. The number of rotatable bonds is 7. The topological polar surface area (TPSA) is 111 Å². The van der Waals surface area contributed by atoms with E-state index in [0.29, 0.717) is 61.0 Å². The number of carbonyl (C=O) groups excluding carboxylic acids is 1. The van der Waals surface area contributed by atoms with Gasteiger partial charge in [-0.1, -0.05) is 12.1 Å². The van der Waals surface area contributed by atoms with Crippen molar-refractivity contribution in [1.82, 2.24) is 14.5 Å². The summed E-state index contributed by atoms with van der Waals surface area (Å²) in [4.78, 5) is 45.4. The Morgan fingerprint density at radius 3 is 2.44 bits per heavy atom. The molecule has 0 spiro atoms. The van der Waals surface area contributed by atoms with Gasteiger partial charge in [-0.3, -0.25) is 24.4 Å². The van der Waals surface area contributed by atoms with Gasteiger partial charge in [-0.15, -0.1) is 0 Å². The molecule has 0 saturated carbocycles. The third-order valence-electron chi connectivity index (χ3n) is 6.70. The highest BCUT2D eigenvalue weighted by Crippen LogP contribution is 2.23. The molecule has 1 aliphatic heterocycles. The first-order valence-electron chi connectivity index (χ1n) is 12.5. The second-order valence-electron chi connectivity index (χ2n) is 9.11. The lowest BCUT2D eigenvalue weighted by Gasteiger charge is -2.36. The van der Waals surface area contributed by atoms with Crippen molar-refractivity contribution in [3.05, 3.63) is 104 Å². The summed E-state index contributed by atoms with van der Waals surface area (Å²) in [7, 11) is 0. The molecule has 39 heavy (non-hydrogen) atoms. The molecule has 1 aliphatic rings. The minimum absolute atomic E-state index is 0.117. The molecular weight excluding hydrogens is 505 g/mol. The number of hydrogen-bond acceptors (Lipinski definition) is 8. The number of para-hydroxylation sites is 1. The van der Waals surface area contributed by atoms with Crippen molar-refractivity contribution in [2.24, 2.45) is 0 Å². The Morgan fingerprint density at radius 1 is 1.05 bits per heavy atom. The van der Waals surface area contributed by atoms with Crippen LogP contribution in [0.25, 0.3) is 16.6 Å². The molecule has 10 nitrogen and oxygen atoms in total. The Morgan fingerprint density at radius 2 is 1.77 bits per heavy atom. The van der Waals surface area contributed by atoms with Gasteiger partial charge < -0.3 is 9.64 Å². The molecule has 1 fully saturated rings. The fourth-order valence-corrected chi connectivity index (χ4v) is 4.72. The fraction of sp³-hybridized carbons (Fsp3) is 0.250. The number of nitrogens with zero attached hydrogens (tertiary/aromatic N) is 5. The zero-order chi connectivity index (χ0) is 27.5. The number of anilines is 1. The summed E-state index contributed by atoms with van der Waals surface area (Å²) in [6, 6.07) is 17.1. The van der Waals surface area contributed by atoms with Gasteiger partial charge in [0.05, 0.1) is 45.9 Å². The van der Waals surface area contributed by atoms with Gasteiger partial charge in [-0.25, -0.2) is 14.2 Å². The number of carbonyl (C=O) groups is 1. The number of aromatic nitrogens is 2. The molecule has 3 aromatic carbocycles. The van der Waals surface area contributed by atoms with E-state index >= 15 is 0 Å². The zero-order valence-corrected chi connectivity index (χ0v) is 21.2. The van der Waals surface area contributed by atoms with Crippen LogP contribution >= 0.6 is 0 Å². The number of piperazine rings is 1. The van der Waals surface area contributed by atoms with Gasteiger partial charge in [0.2, 0.25) is 0 Å². The maximum absolute atomic E-state index is 14.3. The lowest BCUT2D eigenvalue weighted by atomic mass is 10.1. The third kappa shape index (κ3) is 5.34. The Labute approximate surface area is 223 Å². The first-order chi connectivity index (χ1) is 18.9. The van der Waals surface area contributed by atoms with Crippen LogP contribution in [0.1, 0.15) is 23.1 Å². The van der Waals surface area contributed by atoms with Crippen molar-refractivity contribution in [3.63, 3.8) is 0 Å². The molecular formula is C28H26FN5O5. The van der Waals surface area contributed by atoms with E-state index in [9.17, 15) is 24.1 Å². The van der Waals surface area contributed by atoms with Crippen LogP contribution in [0.5, 0.6) is 0 Å². The van der Waals surface area contributed by atoms with Crippen molar-refractivity contribution >= 4 is 28.2 Å². The van der Waals surface area contributed by atoms with Crippen LogP contribution in [0.2, 0.25) is 0 Å². The average molecular weight is 532 g/mol. The number of ether oxygens (including phenoxy) is 1. The van der Waals surface area contributed by atoms with Crippen LogP contribution in [-0.2, 0) is 11.3 Å². The highest BCUT2D eigenvalue weighted by atomic mass is 19.1. The van der Waals surface area contributed by atoms with Gasteiger partial charge >= 0.3 is 5.97 Å². The molecule has 4 aromatic rings. The van der Waals surface area contributed by atoms with Gasteiger partial charge in [0.1, 0.15) is 11.6 Å². The predicted octanol–water partition coefficient (Wildman–Crippen LogP) is 3.93. The van der Waals surface area contributed by atoms with Crippen LogP contribution in [0, 0.1) is 15.9 Å². The Kier molecular flexibility index (Phi) is 7.33. The van der Waals surface area contributed by atoms with Crippen LogP contribution in [0.15, 0.2) is 71.5 Å². The molecule has 0 atom stereocenters. The number of esters is 1. The molecule has 0 aliphatic carbocycles. The standard InChI is InChI=1S/C28H26FN5O5/c1-2-39-28(36)19-7-9-20(10-8-19)33-26(30-24-12-11-21(34(37)38)17-22(24)27(33)35)18-31-13-15-32(16-14-31)25-6-4-3-5-23(25)29/h3-12,17H,2,13-16,18H2,1H3. The minimum atomic E-state index is -0.555. The average Bonchev–Trinajstić information content (AvgIpc) is 2.94. The molecule has 1 saturated heterocycles. The summed E-state index contributed by atoms with van der Waals surface area (Å²) in [6.45, 7) is 4.70. The van der Waals surface area contributed by atoms with Crippen molar-refractivity contribution in [3.8, 4) is 5.69 Å². The van der Waals surface area contributed by atoms with Crippen LogP contribution in [0.3, 0.4) is 0 Å². The van der Waals surface area contributed by atoms with Crippen molar-refractivity contribution in [1.29, 1.82) is 0 Å². The van der Waals surface area contributed by atoms with Gasteiger partial charge in [-0.05, 0) is 49.4 Å². The lowest BCUT2D eigenvalue weighted by molar-refractivity contribution is -0.384. The van der Waals surface area contributed by atoms with Gasteiger partial charge in [0, 0.05) is 38.3 Å². The zero-order valence-electron chi connectivity index (χ0n) is 21.2. The molecule has 0 amide bonds. The monoisotopic (exact) mass is 531 g/mol. The first kappa shape index (κ1) is 26.0. The van der Waals surface area contributed by atoms with Gasteiger partial charge in [-0.2, -0.15) is 0 Å². The highest BCUT2D eigenvalue weighted by molar-refractivity contribution is 5.89. The van der Waals surface area contributed by atoms with Crippen LogP contribution in [-0.4, -0.2) is 58.1 Å². The van der Waals surface area contributed by atoms with Gasteiger partial charge in [0.15, 0.2) is 0 Å². The first-order valence-corrected chi connectivity index (χ1v) is 12.5. The number of hydrogen-bond donors (Lipinski definition) is 0. The number of fused-ring (bicyclic) bond motifs is 1. The summed E-state index contributed by atoms with van der Waals surface area (Å²) in [5.74, 6) is -0.294. The summed E-state index contributed by atoms with van der Waals surface area (Å²) in [5, 5.41) is 11.5. The maximum atomic E-state index is 14.3. The van der Waals surface area contributed by atoms with Crippen molar-refractivity contribution < 1.29 is 18.8 Å². The van der Waals surface area contributed by atoms with Crippen LogP contribution in [0.4, 0.5) is 15.8 Å². The molecule has 1 aromatic heterocycles. The number of benzene rings is 3. The second-order valence-corrected chi connectivity index (χ2v) is 9.11. The Hall–Kier alpha value is -4.64. The van der Waals surface area contributed by atoms with Gasteiger partial charge in [0.25, 0.3) is 11.2 Å². The van der Waals surface area contributed by atoms with Crippen molar-refractivity contribution in [2.75, 3.05) is 37.7 Å². The van der Waals surface area contributed by atoms with E-state index in [2.05, 4.69) is 4.90 Å². The third-order valence-corrected chi connectivity index (χ3v) is 6.70. The van der Waals surface area contributed by atoms with E-state index in [1.165, 1.54) is 28.8 Å². The SMILES string of the molecule is CCOC(=O)c1ccc(-n2c(CN3CCN(c4ccccc4F)CC3)nc3ccc([N+](=O)[O-])cc3c2=O)cc1. The summed E-state index contributed by atoms with van der Waals surface area (Å²) in [6.07, 6.45) is 0. The predicted molar refractivity (Wildman–Crippen MR) is 144 cm³/mol. The van der Waals surface area contributed by atoms with Crippen molar-refractivity contribution in [2.45, 2.75) is 13.5 Å². The molecule has 2 heterocycles. The second kappa shape index (κ2) is 11.0. The Balaban J connectivity index is 1.49. The largest absolute Gasteiger partial charge is 0.462 e. The summed E-state index contributed by atoms with van der Waals surface area (Å²) in [5.41, 5.74) is 1.05. The minimum Gasteiger partial charge on any atom is -0.462 e. The van der Waals surface area contributed by atoms with E-state index in [4.69, 9.17) is 9.72 Å². The molecule has 0 unspecified atom stereocenters.